The second-order valence-electron chi connectivity index (χ2n) is 10.3. The van der Waals surface area contributed by atoms with Gasteiger partial charge < -0.3 is 10.4 Å². The van der Waals surface area contributed by atoms with Crippen molar-refractivity contribution in [1.29, 1.82) is 0 Å². The van der Waals surface area contributed by atoms with Crippen molar-refractivity contribution in [2.75, 3.05) is 13.1 Å². The number of hydrogen-bond donors (Lipinski definition) is 2. The zero-order valence-electron chi connectivity index (χ0n) is 21.9. The van der Waals surface area contributed by atoms with Gasteiger partial charge in [-0.25, -0.2) is 8.42 Å². The number of amides is 1. The molecule has 1 aliphatic carbocycles. The molecular weight excluding hydrogens is 500 g/mol. The molecule has 3 aromatic carbocycles. The van der Waals surface area contributed by atoms with Gasteiger partial charge in [0.1, 0.15) is 0 Å². The number of sulfonamides is 1. The van der Waals surface area contributed by atoms with Crippen LogP contribution in [0.2, 0.25) is 0 Å². The van der Waals surface area contributed by atoms with Crippen LogP contribution < -0.4 is 5.32 Å². The minimum Gasteiger partial charge on any atom is -0.389 e. The van der Waals surface area contributed by atoms with Gasteiger partial charge in [0, 0.05) is 30.1 Å². The molecule has 1 amide bonds. The SMILES string of the molecule is CC(=O)c1ccc(S(=O)(=O)N(CC(C)C)C[C@@H](O)C2(NC(=O)c3ccccc3)CC2c2ccccc2)cc1. The lowest BCUT2D eigenvalue weighted by Gasteiger charge is -2.31. The third kappa shape index (κ3) is 5.88. The van der Waals surface area contributed by atoms with Gasteiger partial charge in [0.05, 0.1) is 16.5 Å². The van der Waals surface area contributed by atoms with Gasteiger partial charge in [-0.1, -0.05) is 74.5 Å². The van der Waals surface area contributed by atoms with Gasteiger partial charge in [0.2, 0.25) is 10.0 Å². The molecule has 1 fully saturated rings. The number of nitrogens with zero attached hydrogens (tertiary/aromatic N) is 1. The Hall–Kier alpha value is -3.33. The van der Waals surface area contributed by atoms with Gasteiger partial charge in [0.25, 0.3) is 5.91 Å². The van der Waals surface area contributed by atoms with Crippen molar-refractivity contribution < 1.29 is 23.1 Å². The maximum absolute atomic E-state index is 13.7. The van der Waals surface area contributed by atoms with Crippen molar-refractivity contribution >= 4 is 21.7 Å². The third-order valence-electron chi connectivity index (χ3n) is 7.03. The van der Waals surface area contributed by atoms with Crippen LogP contribution in [-0.2, 0) is 10.0 Å². The number of carbonyl (C=O) groups is 2. The van der Waals surface area contributed by atoms with Crippen molar-refractivity contribution in [3.63, 3.8) is 0 Å². The highest BCUT2D eigenvalue weighted by Crippen LogP contribution is 2.54. The average molecular weight is 535 g/mol. The van der Waals surface area contributed by atoms with E-state index in [-0.39, 0.29) is 41.5 Å². The second-order valence-corrected chi connectivity index (χ2v) is 12.3. The summed E-state index contributed by atoms with van der Waals surface area (Å²) in [4.78, 5) is 24.9. The van der Waals surface area contributed by atoms with Crippen LogP contribution in [0.3, 0.4) is 0 Å². The molecular formula is C30H34N2O5S. The van der Waals surface area contributed by atoms with E-state index in [0.29, 0.717) is 17.5 Å². The number of carbonyl (C=O) groups excluding carboxylic acids is 2. The minimum absolute atomic E-state index is 0.00699. The number of Topliss-reactive ketones (excluding diaryl/α,β-unsaturated/α-hetero) is 1. The molecule has 2 unspecified atom stereocenters. The molecule has 0 heterocycles. The van der Waals surface area contributed by atoms with Crippen molar-refractivity contribution in [2.24, 2.45) is 5.92 Å². The summed E-state index contributed by atoms with van der Waals surface area (Å²) in [6.07, 6.45) is -0.676. The number of aliphatic hydroxyl groups is 1. The molecule has 0 aromatic heterocycles. The first kappa shape index (κ1) is 27.7. The Kier molecular flexibility index (Phi) is 8.16. The molecule has 38 heavy (non-hydrogen) atoms. The van der Waals surface area contributed by atoms with E-state index in [1.165, 1.54) is 35.5 Å². The molecule has 1 saturated carbocycles. The first-order chi connectivity index (χ1) is 18.0. The number of nitrogens with one attached hydrogen (secondary N) is 1. The Morgan fingerprint density at radius 1 is 0.921 bits per heavy atom. The highest BCUT2D eigenvalue weighted by atomic mass is 32.2. The number of aliphatic hydroxyl groups excluding tert-OH is 1. The molecule has 8 heteroatoms. The van der Waals surface area contributed by atoms with Crippen LogP contribution in [-0.4, -0.2) is 54.3 Å². The van der Waals surface area contributed by atoms with E-state index in [2.05, 4.69) is 5.32 Å². The van der Waals surface area contributed by atoms with Crippen molar-refractivity contribution in [1.82, 2.24) is 9.62 Å². The van der Waals surface area contributed by atoms with Crippen molar-refractivity contribution in [2.45, 2.75) is 49.6 Å². The normalized spacial score (nSPS) is 19.8. The highest BCUT2D eigenvalue weighted by molar-refractivity contribution is 7.89. The van der Waals surface area contributed by atoms with E-state index in [1.54, 1.807) is 24.3 Å². The van der Waals surface area contributed by atoms with Crippen LogP contribution in [0.1, 0.15) is 59.4 Å². The smallest absolute Gasteiger partial charge is 0.251 e. The van der Waals surface area contributed by atoms with Crippen LogP contribution in [0.15, 0.2) is 89.8 Å². The monoisotopic (exact) mass is 534 g/mol. The summed E-state index contributed by atoms with van der Waals surface area (Å²) in [5, 5.41) is 14.7. The maximum atomic E-state index is 13.7. The number of ketones is 1. The molecule has 0 radical (unpaired) electrons. The number of hydrogen-bond acceptors (Lipinski definition) is 5. The Balaban J connectivity index is 1.64. The fourth-order valence-electron chi connectivity index (χ4n) is 4.89. The van der Waals surface area contributed by atoms with Gasteiger partial charge in [-0.2, -0.15) is 4.31 Å². The third-order valence-corrected chi connectivity index (χ3v) is 8.87. The molecule has 4 rings (SSSR count). The Morgan fingerprint density at radius 2 is 1.50 bits per heavy atom. The molecule has 3 atom stereocenters. The lowest BCUT2D eigenvalue weighted by Crippen LogP contribution is -2.53. The molecule has 1 aliphatic rings. The predicted octanol–water partition coefficient (Wildman–Crippen LogP) is 4.25. The summed E-state index contributed by atoms with van der Waals surface area (Å²) >= 11 is 0. The molecule has 200 valence electrons. The Labute approximate surface area is 224 Å². The van der Waals surface area contributed by atoms with Crippen LogP contribution in [0.5, 0.6) is 0 Å². The highest BCUT2D eigenvalue weighted by Gasteiger charge is 2.61. The average Bonchev–Trinajstić information content (AvgIpc) is 3.64. The van der Waals surface area contributed by atoms with Crippen LogP contribution in [0, 0.1) is 5.92 Å². The van der Waals surface area contributed by atoms with Gasteiger partial charge in [0.15, 0.2) is 5.78 Å². The van der Waals surface area contributed by atoms with E-state index >= 15 is 0 Å². The van der Waals surface area contributed by atoms with Gasteiger partial charge >= 0.3 is 0 Å². The Morgan fingerprint density at radius 3 is 2.05 bits per heavy atom. The summed E-state index contributed by atoms with van der Waals surface area (Å²) in [6.45, 7) is 5.24. The summed E-state index contributed by atoms with van der Waals surface area (Å²) in [5.41, 5.74) is 0.844. The minimum atomic E-state index is -3.98. The maximum Gasteiger partial charge on any atom is 0.251 e. The first-order valence-electron chi connectivity index (χ1n) is 12.8. The summed E-state index contributed by atoms with van der Waals surface area (Å²) in [7, 11) is -3.98. The topological polar surface area (TPSA) is 104 Å². The molecule has 2 N–H and O–H groups in total. The standard InChI is InChI=1S/C30H34N2O5S/c1-21(2)19-32(38(36,37)26-16-14-23(15-17-26)22(3)33)20-28(34)30(18-27(30)24-10-6-4-7-11-24)31-29(35)25-12-8-5-9-13-25/h4-17,21,27-28,34H,18-20H2,1-3H3,(H,31,35)/t27?,28-,30?/m1/s1. The van der Waals surface area contributed by atoms with Gasteiger partial charge in [-0.05, 0) is 49.1 Å². The van der Waals surface area contributed by atoms with E-state index in [9.17, 15) is 23.1 Å². The molecule has 7 nitrogen and oxygen atoms in total. The zero-order valence-corrected chi connectivity index (χ0v) is 22.7. The van der Waals surface area contributed by atoms with Crippen LogP contribution >= 0.6 is 0 Å². The van der Waals surface area contributed by atoms with E-state index < -0.39 is 21.7 Å². The van der Waals surface area contributed by atoms with Gasteiger partial charge in [-0.15, -0.1) is 0 Å². The quantitative estimate of drug-likeness (QED) is 0.358. The summed E-state index contributed by atoms with van der Waals surface area (Å²) < 4.78 is 28.6. The predicted molar refractivity (Wildman–Crippen MR) is 146 cm³/mol. The van der Waals surface area contributed by atoms with E-state index in [4.69, 9.17) is 0 Å². The molecule has 0 bridgehead atoms. The lowest BCUT2D eigenvalue weighted by molar-refractivity contribution is 0.0707. The molecule has 0 spiro atoms. The fourth-order valence-corrected chi connectivity index (χ4v) is 6.50. The second kappa shape index (κ2) is 11.2. The van der Waals surface area contributed by atoms with Gasteiger partial charge in [-0.3, -0.25) is 9.59 Å². The molecule has 0 saturated heterocycles. The fraction of sp³-hybridized carbons (Fsp3) is 0.333. The molecule has 0 aliphatic heterocycles. The largest absolute Gasteiger partial charge is 0.389 e. The van der Waals surface area contributed by atoms with E-state index in [0.717, 1.165) is 5.56 Å². The number of benzene rings is 3. The van der Waals surface area contributed by atoms with Crippen LogP contribution in [0.25, 0.3) is 0 Å². The summed E-state index contributed by atoms with van der Waals surface area (Å²) in [5.74, 6) is -0.640. The Bertz CT molecular complexity index is 1380. The number of rotatable bonds is 11. The molecule has 3 aromatic rings. The van der Waals surface area contributed by atoms with Crippen molar-refractivity contribution in [3.05, 3.63) is 102 Å². The zero-order chi connectivity index (χ0) is 27.5. The first-order valence-corrected chi connectivity index (χ1v) is 14.2. The van der Waals surface area contributed by atoms with Crippen LogP contribution in [0.4, 0.5) is 0 Å². The van der Waals surface area contributed by atoms with Crippen molar-refractivity contribution in [3.8, 4) is 0 Å². The lowest BCUT2D eigenvalue weighted by atomic mass is 10.00. The van der Waals surface area contributed by atoms with E-state index in [1.807, 2.05) is 50.2 Å². The summed E-state index contributed by atoms with van der Waals surface area (Å²) in [6, 6.07) is 24.2.